The van der Waals surface area contributed by atoms with Crippen LogP contribution in [-0.2, 0) is 10.0 Å². The molecule has 0 amide bonds. The lowest BCUT2D eigenvalue weighted by Crippen LogP contribution is -2.29. The van der Waals surface area contributed by atoms with Crippen LogP contribution in [0, 0.1) is 13.8 Å². The third kappa shape index (κ3) is 5.07. The first-order chi connectivity index (χ1) is 17.6. The average molecular weight is 552 g/mol. The van der Waals surface area contributed by atoms with Crippen molar-refractivity contribution in [1.82, 2.24) is 14.9 Å². The van der Waals surface area contributed by atoms with Crippen molar-refractivity contribution in [3.63, 3.8) is 0 Å². The van der Waals surface area contributed by atoms with Crippen LogP contribution in [0.5, 0.6) is 0 Å². The maximum absolute atomic E-state index is 11.7. The summed E-state index contributed by atoms with van der Waals surface area (Å²) >= 11 is 12.2. The zero-order chi connectivity index (χ0) is 26.3. The van der Waals surface area contributed by atoms with Crippen LogP contribution in [0.25, 0.3) is 5.69 Å². The van der Waals surface area contributed by atoms with Crippen LogP contribution in [0.2, 0.25) is 5.02 Å². The van der Waals surface area contributed by atoms with Gasteiger partial charge in [-0.15, -0.1) is 0 Å². The minimum Gasteiger partial charge on any atom is -0.351 e. The van der Waals surface area contributed by atoms with Gasteiger partial charge in [0.15, 0.2) is 5.11 Å². The molecule has 2 aromatic heterocycles. The summed E-state index contributed by atoms with van der Waals surface area (Å²) < 4.78 is 28.0. The Morgan fingerprint density at radius 3 is 2.41 bits per heavy atom. The number of sulfonamides is 1. The summed E-state index contributed by atoms with van der Waals surface area (Å²) in [4.78, 5) is 6.70. The van der Waals surface area contributed by atoms with Gasteiger partial charge in [0.25, 0.3) is 0 Å². The van der Waals surface area contributed by atoms with Crippen molar-refractivity contribution in [3.05, 3.63) is 107 Å². The molecule has 0 bridgehead atoms. The van der Waals surface area contributed by atoms with Crippen LogP contribution in [0.4, 0.5) is 11.4 Å². The molecule has 0 saturated carbocycles. The summed E-state index contributed by atoms with van der Waals surface area (Å²) in [6.07, 6.45) is 2.91. The van der Waals surface area contributed by atoms with Crippen LogP contribution in [0.15, 0.2) is 79.0 Å². The van der Waals surface area contributed by atoms with E-state index in [2.05, 4.69) is 44.4 Å². The molecule has 0 radical (unpaired) electrons. The van der Waals surface area contributed by atoms with E-state index in [1.165, 1.54) is 0 Å². The predicted molar refractivity (Wildman–Crippen MR) is 153 cm³/mol. The lowest BCUT2D eigenvalue weighted by molar-refractivity contribution is 0.565. The molecule has 1 aliphatic rings. The van der Waals surface area contributed by atoms with Crippen LogP contribution < -0.4 is 14.9 Å². The van der Waals surface area contributed by atoms with Crippen molar-refractivity contribution in [3.8, 4) is 5.69 Å². The highest BCUT2D eigenvalue weighted by Gasteiger charge is 2.42. The highest BCUT2D eigenvalue weighted by Crippen LogP contribution is 2.44. The van der Waals surface area contributed by atoms with Crippen LogP contribution in [0.1, 0.15) is 34.7 Å². The molecule has 2 N–H and O–H groups in total. The standard InChI is InChI=1S/C27H26ClN5O2S2/c1-17-15-23(18(2)32(17)22-8-6-7-19(28)16-22)26-25(24-9-4-5-14-29-24)30-27(36)33(26)21-12-10-20(11-13-21)31-37(3,34)35/h4-16,25-26,31H,1-3H3,(H,30,36)/t25-,26-/m0/s1. The van der Waals surface area contributed by atoms with Gasteiger partial charge in [0, 0.05) is 39.7 Å². The molecule has 37 heavy (non-hydrogen) atoms. The van der Waals surface area contributed by atoms with Crippen molar-refractivity contribution >= 4 is 50.3 Å². The molecular weight excluding hydrogens is 526 g/mol. The molecule has 2 aromatic carbocycles. The Labute approximate surface area is 227 Å². The molecule has 7 nitrogen and oxygen atoms in total. The van der Waals surface area contributed by atoms with Crippen molar-refractivity contribution in [2.45, 2.75) is 25.9 Å². The Hall–Kier alpha value is -3.40. The number of nitrogens with one attached hydrogen (secondary N) is 2. The van der Waals surface area contributed by atoms with E-state index in [1.807, 2.05) is 54.6 Å². The molecule has 4 aromatic rings. The lowest BCUT2D eigenvalue weighted by atomic mass is 9.96. The van der Waals surface area contributed by atoms with Crippen LogP contribution in [0.3, 0.4) is 0 Å². The number of thiocarbonyl (C=S) groups is 1. The lowest BCUT2D eigenvalue weighted by Gasteiger charge is -2.28. The fraction of sp³-hybridized carbons (Fsp3) is 0.185. The molecule has 0 aliphatic carbocycles. The number of nitrogens with zero attached hydrogens (tertiary/aromatic N) is 3. The van der Waals surface area contributed by atoms with Crippen molar-refractivity contribution in [2.24, 2.45) is 0 Å². The molecule has 1 saturated heterocycles. The van der Waals surface area contributed by atoms with Gasteiger partial charge in [-0.2, -0.15) is 0 Å². The van der Waals surface area contributed by atoms with Gasteiger partial charge in [-0.3, -0.25) is 9.71 Å². The first kappa shape index (κ1) is 25.3. The van der Waals surface area contributed by atoms with E-state index in [9.17, 15) is 8.42 Å². The molecule has 1 fully saturated rings. The van der Waals surface area contributed by atoms with Gasteiger partial charge in [0.2, 0.25) is 10.0 Å². The summed E-state index contributed by atoms with van der Waals surface area (Å²) in [5, 5.41) is 4.72. The number of anilines is 2. The second-order valence-electron chi connectivity index (χ2n) is 9.06. The molecule has 5 rings (SSSR count). The van der Waals surface area contributed by atoms with Crippen LogP contribution in [-0.4, -0.2) is 29.3 Å². The first-order valence-corrected chi connectivity index (χ1v) is 14.3. The normalized spacial score (nSPS) is 17.6. The molecule has 190 valence electrons. The van der Waals surface area contributed by atoms with E-state index in [4.69, 9.17) is 23.8 Å². The topological polar surface area (TPSA) is 79.3 Å². The maximum Gasteiger partial charge on any atom is 0.229 e. The van der Waals surface area contributed by atoms with Gasteiger partial charge in [-0.1, -0.05) is 23.7 Å². The van der Waals surface area contributed by atoms with Gasteiger partial charge in [-0.25, -0.2) is 8.42 Å². The minimum atomic E-state index is -3.38. The van der Waals surface area contributed by atoms with E-state index >= 15 is 0 Å². The number of hydrogen-bond donors (Lipinski definition) is 2. The van der Waals surface area contributed by atoms with E-state index < -0.39 is 10.0 Å². The number of halogens is 1. The Bertz CT molecular complexity index is 1570. The van der Waals surface area contributed by atoms with Crippen molar-refractivity contribution in [1.29, 1.82) is 0 Å². The summed E-state index contributed by atoms with van der Waals surface area (Å²) in [5.74, 6) is 0. The summed E-state index contributed by atoms with van der Waals surface area (Å²) in [6.45, 7) is 4.17. The number of hydrogen-bond acceptors (Lipinski definition) is 4. The van der Waals surface area contributed by atoms with E-state index in [0.29, 0.717) is 15.8 Å². The van der Waals surface area contributed by atoms with Gasteiger partial charge >= 0.3 is 0 Å². The first-order valence-electron chi connectivity index (χ1n) is 11.7. The van der Waals surface area contributed by atoms with E-state index in [0.717, 1.165) is 40.3 Å². The van der Waals surface area contributed by atoms with E-state index in [1.54, 1.807) is 18.3 Å². The Morgan fingerprint density at radius 1 is 1.00 bits per heavy atom. The van der Waals surface area contributed by atoms with Gasteiger partial charge < -0.3 is 14.8 Å². The number of aromatic nitrogens is 2. The quantitative estimate of drug-likeness (QED) is 0.300. The Balaban J connectivity index is 1.63. The van der Waals surface area contributed by atoms with Crippen LogP contribution >= 0.6 is 23.8 Å². The Kier molecular flexibility index (Phi) is 6.70. The molecular formula is C27H26ClN5O2S2. The third-order valence-electron chi connectivity index (χ3n) is 6.40. The number of pyridine rings is 1. The second-order valence-corrected chi connectivity index (χ2v) is 11.6. The maximum atomic E-state index is 11.7. The highest BCUT2D eigenvalue weighted by molar-refractivity contribution is 7.92. The SMILES string of the molecule is Cc1cc([C@H]2[C@H](c3ccccn3)NC(=S)N2c2ccc(NS(C)(=O)=O)cc2)c(C)n1-c1cccc(Cl)c1. The zero-order valence-electron chi connectivity index (χ0n) is 20.5. The molecule has 1 aliphatic heterocycles. The van der Waals surface area contributed by atoms with Gasteiger partial charge in [0.1, 0.15) is 0 Å². The van der Waals surface area contributed by atoms with E-state index in [-0.39, 0.29) is 12.1 Å². The predicted octanol–water partition coefficient (Wildman–Crippen LogP) is 5.69. The van der Waals surface area contributed by atoms with Gasteiger partial charge in [0.05, 0.1) is 24.0 Å². The fourth-order valence-corrected chi connectivity index (χ4v) is 6.05. The third-order valence-corrected chi connectivity index (χ3v) is 7.56. The molecule has 2 atom stereocenters. The molecule has 10 heteroatoms. The van der Waals surface area contributed by atoms with Crippen molar-refractivity contribution in [2.75, 3.05) is 15.9 Å². The number of aryl methyl sites for hydroxylation is 1. The zero-order valence-corrected chi connectivity index (χ0v) is 22.9. The second kappa shape index (κ2) is 9.81. The van der Waals surface area contributed by atoms with Gasteiger partial charge in [-0.05, 0) is 92.3 Å². The molecule has 3 heterocycles. The largest absolute Gasteiger partial charge is 0.351 e. The summed E-state index contributed by atoms with van der Waals surface area (Å²) in [6, 6.07) is 22.6. The number of benzene rings is 2. The minimum absolute atomic E-state index is 0.198. The highest BCUT2D eigenvalue weighted by atomic mass is 35.5. The average Bonchev–Trinajstić information content (AvgIpc) is 3.34. The molecule has 0 unspecified atom stereocenters. The number of rotatable bonds is 6. The summed E-state index contributed by atoms with van der Waals surface area (Å²) in [7, 11) is -3.38. The fourth-order valence-electron chi connectivity index (χ4n) is 4.95. The molecule has 0 spiro atoms. The van der Waals surface area contributed by atoms with Crippen molar-refractivity contribution < 1.29 is 8.42 Å². The monoisotopic (exact) mass is 551 g/mol. The summed E-state index contributed by atoms with van der Waals surface area (Å²) in [5.41, 5.74) is 6.42. The smallest absolute Gasteiger partial charge is 0.229 e. The Morgan fingerprint density at radius 2 is 1.76 bits per heavy atom.